The number of rotatable bonds is 3. The molecule has 0 radical (unpaired) electrons. The summed E-state index contributed by atoms with van der Waals surface area (Å²) >= 11 is 6.15. The number of amides is 2. The zero-order chi connectivity index (χ0) is 16.4. The average Bonchev–Trinajstić information content (AvgIpc) is 2.89. The third-order valence-corrected chi connectivity index (χ3v) is 4.81. The van der Waals surface area contributed by atoms with Gasteiger partial charge < -0.3 is 20.7 Å². The Bertz CT molecular complexity index is 620. The van der Waals surface area contributed by atoms with E-state index in [4.69, 9.17) is 22.1 Å². The summed E-state index contributed by atoms with van der Waals surface area (Å²) in [5, 5.41) is 3.33. The third kappa shape index (κ3) is 3.67. The van der Waals surface area contributed by atoms with Crippen LogP contribution in [-0.2, 0) is 14.3 Å². The summed E-state index contributed by atoms with van der Waals surface area (Å²) in [5.41, 5.74) is 5.88. The minimum atomic E-state index is -0.948. The second-order valence-corrected chi connectivity index (χ2v) is 6.43. The molecule has 2 saturated heterocycles. The molecule has 0 spiro atoms. The third-order valence-electron chi connectivity index (χ3n) is 4.49. The number of nitrogens with zero attached hydrogens (tertiary/aromatic N) is 1. The molecule has 2 heterocycles. The van der Waals surface area contributed by atoms with Crippen molar-refractivity contribution in [3.63, 3.8) is 0 Å². The molecule has 2 aliphatic rings. The normalized spacial score (nSPS) is 22.8. The van der Waals surface area contributed by atoms with Crippen molar-refractivity contribution >= 4 is 41.5 Å². The first-order valence-electron chi connectivity index (χ1n) is 7.75. The van der Waals surface area contributed by atoms with E-state index < -0.39 is 11.6 Å². The molecular formula is C16H21Cl2N3O3. The minimum absolute atomic E-state index is 0. The Hall–Kier alpha value is -1.34. The van der Waals surface area contributed by atoms with Crippen LogP contribution in [0.25, 0.3) is 0 Å². The van der Waals surface area contributed by atoms with Crippen LogP contribution in [0.5, 0.6) is 0 Å². The van der Waals surface area contributed by atoms with Gasteiger partial charge in [0, 0.05) is 19.8 Å². The van der Waals surface area contributed by atoms with Gasteiger partial charge in [-0.2, -0.15) is 0 Å². The molecule has 3 N–H and O–H groups in total. The van der Waals surface area contributed by atoms with Crippen molar-refractivity contribution in [1.82, 2.24) is 5.32 Å². The topological polar surface area (TPSA) is 84.7 Å². The maximum absolute atomic E-state index is 12.6. The molecule has 1 aromatic carbocycles. The molecule has 2 fully saturated rings. The Balaban J connectivity index is 0.00000208. The SMILES string of the molecule is Cl.NC1(C(=O)NC2CCN(c3ccccc3Cl)C2=O)CCOCC1. The largest absolute Gasteiger partial charge is 0.381 e. The van der Waals surface area contributed by atoms with E-state index in [9.17, 15) is 9.59 Å². The van der Waals surface area contributed by atoms with Gasteiger partial charge in [-0.25, -0.2) is 0 Å². The number of nitrogens with two attached hydrogens (primary N) is 1. The molecule has 2 amide bonds. The van der Waals surface area contributed by atoms with Crippen molar-refractivity contribution in [2.45, 2.75) is 30.8 Å². The summed E-state index contributed by atoms with van der Waals surface area (Å²) in [6.07, 6.45) is 1.48. The summed E-state index contributed by atoms with van der Waals surface area (Å²) in [6, 6.07) is 6.63. The second kappa shape index (κ2) is 7.70. The fraction of sp³-hybridized carbons (Fsp3) is 0.500. The van der Waals surface area contributed by atoms with Gasteiger partial charge in [-0.3, -0.25) is 9.59 Å². The summed E-state index contributed by atoms with van der Waals surface area (Å²) < 4.78 is 5.24. The standard InChI is InChI=1S/C16H20ClN3O3.ClH/c17-11-3-1-2-4-13(11)20-8-5-12(14(20)21)19-15(22)16(18)6-9-23-10-7-16;/h1-4,12H,5-10,18H2,(H,19,22);1H. The number of carbonyl (C=O) groups is 2. The highest BCUT2D eigenvalue weighted by Gasteiger charge is 2.40. The highest BCUT2D eigenvalue weighted by molar-refractivity contribution is 6.34. The summed E-state index contributed by atoms with van der Waals surface area (Å²) in [5.74, 6) is -0.428. The Labute approximate surface area is 152 Å². The van der Waals surface area contributed by atoms with Crippen LogP contribution in [0.15, 0.2) is 24.3 Å². The van der Waals surface area contributed by atoms with E-state index in [2.05, 4.69) is 5.32 Å². The molecule has 8 heteroatoms. The van der Waals surface area contributed by atoms with Gasteiger partial charge in [0.05, 0.1) is 16.2 Å². The summed E-state index contributed by atoms with van der Waals surface area (Å²) in [6.45, 7) is 1.46. The van der Waals surface area contributed by atoms with Gasteiger partial charge in [0.2, 0.25) is 11.8 Å². The van der Waals surface area contributed by atoms with Crippen LogP contribution in [0.2, 0.25) is 5.02 Å². The summed E-state index contributed by atoms with van der Waals surface area (Å²) in [4.78, 5) is 26.6. The van der Waals surface area contributed by atoms with Crippen molar-refractivity contribution in [3.05, 3.63) is 29.3 Å². The molecule has 6 nitrogen and oxygen atoms in total. The molecule has 3 rings (SSSR count). The lowest BCUT2D eigenvalue weighted by molar-refractivity contribution is -0.132. The molecule has 0 bridgehead atoms. The molecule has 0 saturated carbocycles. The predicted molar refractivity (Wildman–Crippen MR) is 94.6 cm³/mol. The van der Waals surface area contributed by atoms with Crippen molar-refractivity contribution in [3.8, 4) is 0 Å². The number of benzene rings is 1. The fourth-order valence-electron chi connectivity index (χ4n) is 2.99. The maximum atomic E-state index is 12.6. The number of ether oxygens (including phenoxy) is 1. The van der Waals surface area contributed by atoms with E-state index in [1.165, 1.54) is 0 Å². The zero-order valence-electron chi connectivity index (χ0n) is 13.2. The first-order chi connectivity index (χ1) is 11.0. The van der Waals surface area contributed by atoms with Gasteiger partial charge in [-0.15, -0.1) is 12.4 Å². The van der Waals surface area contributed by atoms with Crippen LogP contribution in [0.4, 0.5) is 5.69 Å². The number of halogens is 2. The molecule has 24 heavy (non-hydrogen) atoms. The van der Waals surface area contributed by atoms with Crippen LogP contribution in [0, 0.1) is 0 Å². The number of hydrogen-bond acceptors (Lipinski definition) is 4. The van der Waals surface area contributed by atoms with E-state index in [0.29, 0.717) is 49.7 Å². The lowest BCUT2D eigenvalue weighted by Gasteiger charge is -2.32. The van der Waals surface area contributed by atoms with Gasteiger partial charge in [0.25, 0.3) is 0 Å². The Morgan fingerprint density at radius 2 is 2.00 bits per heavy atom. The zero-order valence-corrected chi connectivity index (χ0v) is 14.7. The van der Waals surface area contributed by atoms with E-state index >= 15 is 0 Å². The molecule has 1 aromatic rings. The van der Waals surface area contributed by atoms with E-state index in [0.717, 1.165) is 0 Å². The Morgan fingerprint density at radius 1 is 1.33 bits per heavy atom. The Morgan fingerprint density at radius 3 is 2.67 bits per heavy atom. The van der Waals surface area contributed by atoms with Gasteiger partial charge in [0.1, 0.15) is 6.04 Å². The van der Waals surface area contributed by atoms with Crippen molar-refractivity contribution in [1.29, 1.82) is 0 Å². The quantitative estimate of drug-likeness (QED) is 0.840. The van der Waals surface area contributed by atoms with E-state index in [1.54, 1.807) is 17.0 Å². The van der Waals surface area contributed by atoms with Crippen LogP contribution in [-0.4, -0.2) is 43.2 Å². The van der Waals surface area contributed by atoms with Gasteiger partial charge in [-0.05, 0) is 31.4 Å². The maximum Gasteiger partial charge on any atom is 0.249 e. The number of hydrogen-bond donors (Lipinski definition) is 2. The number of para-hydroxylation sites is 1. The first kappa shape index (κ1) is 19.0. The van der Waals surface area contributed by atoms with E-state index in [1.807, 2.05) is 12.1 Å². The first-order valence-corrected chi connectivity index (χ1v) is 8.12. The van der Waals surface area contributed by atoms with Crippen LogP contribution in [0.3, 0.4) is 0 Å². The molecule has 0 aliphatic carbocycles. The number of nitrogens with one attached hydrogen (secondary N) is 1. The highest BCUT2D eigenvalue weighted by Crippen LogP contribution is 2.29. The molecule has 2 aliphatic heterocycles. The van der Waals surface area contributed by atoms with Crippen molar-refractivity contribution in [2.24, 2.45) is 5.73 Å². The van der Waals surface area contributed by atoms with Crippen LogP contribution in [0.1, 0.15) is 19.3 Å². The minimum Gasteiger partial charge on any atom is -0.381 e. The van der Waals surface area contributed by atoms with Crippen LogP contribution < -0.4 is 16.0 Å². The van der Waals surface area contributed by atoms with Gasteiger partial charge >= 0.3 is 0 Å². The number of anilines is 1. The molecule has 0 aromatic heterocycles. The highest BCUT2D eigenvalue weighted by atomic mass is 35.5. The van der Waals surface area contributed by atoms with E-state index in [-0.39, 0.29) is 24.2 Å². The smallest absolute Gasteiger partial charge is 0.249 e. The van der Waals surface area contributed by atoms with Gasteiger partial charge in [0.15, 0.2) is 0 Å². The van der Waals surface area contributed by atoms with Crippen molar-refractivity contribution < 1.29 is 14.3 Å². The molecule has 132 valence electrons. The molecule has 1 unspecified atom stereocenters. The molecule has 1 atom stereocenters. The predicted octanol–water partition coefficient (Wildman–Crippen LogP) is 1.49. The number of carbonyl (C=O) groups excluding carboxylic acids is 2. The van der Waals surface area contributed by atoms with Crippen molar-refractivity contribution in [2.75, 3.05) is 24.7 Å². The average molecular weight is 374 g/mol. The lowest BCUT2D eigenvalue weighted by Crippen LogP contribution is -2.59. The molecular weight excluding hydrogens is 353 g/mol. The lowest BCUT2D eigenvalue weighted by atomic mass is 9.90. The fourth-order valence-corrected chi connectivity index (χ4v) is 3.23. The van der Waals surface area contributed by atoms with Crippen LogP contribution >= 0.6 is 24.0 Å². The monoisotopic (exact) mass is 373 g/mol. The van der Waals surface area contributed by atoms with Gasteiger partial charge in [-0.1, -0.05) is 23.7 Å². The summed E-state index contributed by atoms with van der Waals surface area (Å²) in [7, 11) is 0. The second-order valence-electron chi connectivity index (χ2n) is 6.02. The Kier molecular flexibility index (Phi) is 6.09.